The maximum Gasteiger partial charge on any atom is 0.192 e. The molecule has 4 atom stereocenters. The highest BCUT2D eigenvalue weighted by atomic mass is 33.2. The van der Waals surface area contributed by atoms with E-state index in [1.54, 1.807) is 33.7 Å². The van der Waals surface area contributed by atoms with Crippen LogP contribution in [0.2, 0.25) is 18.1 Å². The van der Waals surface area contributed by atoms with Crippen molar-refractivity contribution in [3.05, 3.63) is 12.7 Å². The van der Waals surface area contributed by atoms with Crippen LogP contribution in [-0.4, -0.2) is 69.4 Å². The van der Waals surface area contributed by atoms with Gasteiger partial charge in [0.05, 0.1) is 12.9 Å². The average molecular weight is 536 g/mol. The first-order valence-electron chi connectivity index (χ1n) is 10.4. The number of fused-ring (bicyclic) bond motifs is 1. The van der Waals surface area contributed by atoms with Crippen molar-refractivity contribution in [2.45, 2.75) is 63.4 Å². The second kappa shape index (κ2) is 9.08. The second-order valence-electron chi connectivity index (χ2n) is 9.39. The molecule has 2 aromatic rings. The Labute approximate surface area is 202 Å². The van der Waals surface area contributed by atoms with E-state index in [0.29, 0.717) is 17.8 Å². The van der Waals surface area contributed by atoms with Crippen molar-refractivity contribution in [3.8, 4) is 0 Å². The van der Waals surface area contributed by atoms with Crippen LogP contribution in [0.15, 0.2) is 12.7 Å². The number of nitrogen functional groups attached to an aromatic ring is 1. The molecule has 4 heterocycles. The molecule has 3 N–H and O–H groups in total. The summed E-state index contributed by atoms with van der Waals surface area (Å²) in [5, 5.41) is 11.4. The second-order valence-corrected chi connectivity index (χ2v) is 24.9. The molecule has 9 nitrogen and oxygen atoms in total. The van der Waals surface area contributed by atoms with Crippen LogP contribution in [0, 0.1) is 0 Å². The zero-order valence-corrected chi connectivity index (χ0v) is 23.1. The molecule has 0 aliphatic carbocycles. The zero-order valence-electron chi connectivity index (χ0n) is 18.8. The molecule has 0 bridgehead atoms. The lowest BCUT2D eigenvalue weighted by atomic mass is 10.1. The molecule has 2 fully saturated rings. The number of imidazole rings is 1. The lowest BCUT2D eigenvalue weighted by molar-refractivity contribution is -0.0483. The Hall–Kier alpha value is -0.243. The predicted octanol–water partition coefficient (Wildman–Crippen LogP) is 3.78. The van der Waals surface area contributed by atoms with Crippen LogP contribution in [0.25, 0.3) is 11.2 Å². The van der Waals surface area contributed by atoms with Gasteiger partial charge in [0.15, 0.2) is 30.7 Å². The van der Waals surface area contributed by atoms with Gasteiger partial charge in [0.1, 0.15) is 30.2 Å². The number of aromatic nitrogens is 4. The summed E-state index contributed by atoms with van der Waals surface area (Å²) in [6, 6.07) is 0. The molecule has 178 valence electrons. The molecule has 2 aliphatic rings. The summed E-state index contributed by atoms with van der Waals surface area (Å²) >= 11 is 9.18. The summed E-state index contributed by atoms with van der Waals surface area (Å²) in [7, 11) is -2.03. The van der Waals surface area contributed by atoms with Crippen LogP contribution < -0.4 is 5.73 Å². The normalized spacial score (nSPS) is 28.6. The van der Waals surface area contributed by atoms with Crippen molar-refractivity contribution in [3.63, 3.8) is 0 Å². The largest absolute Gasteiger partial charge is 0.414 e. The van der Waals surface area contributed by atoms with Gasteiger partial charge in [-0.1, -0.05) is 43.5 Å². The summed E-state index contributed by atoms with van der Waals surface area (Å²) in [6.45, 7) is 11.3. The molecule has 0 saturated carbocycles. The topological polar surface area (TPSA) is 118 Å². The van der Waals surface area contributed by atoms with Gasteiger partial charge in [-0.05, 0) is 29.9 Å². The molecule has 0 unspecified atom stereocenters. The van der Waals surface area contributed by atoms with Crippen LogP contribution in [0.1, 0.15) is 27.0 Å². The third-order valence-electron chi connectivity index (χ3n) is 6.22. The molecule has 2 aliphatic heterocycles. The first-order chi connectivity index (χ1) is 14.9. The van der Waals surface area contributed by atoms with E-state index in [1.807, 2.05) is 0 Å². The Morgan fingerprint density at radius 2 is 2.00 bits per heavy atom. The maximum atomic E-state index is 11.3. The van der Waals surface area contributed by atoms with Gasteiger partial charge in [-0.3, -0.25) is 4.57 Å². The van der Waals surface area contributed by atoms with Gasteiger partial charge in [0.2, 0.25) is 0 Å². The highest BCUT2D eigenvalue weighted by Crippen LogP contribution is 2.75. The SMILES string of the molecule is CC(C)(C)[Si](C)(C)OC[C@H]1O[C@@H](n2cnc3c(N)ncnc32)[C@H](O)[C@@H]1OP1(=S)SCCS1. The number of aliphatic hydroxyl groups is 1. The van der Waals surface area contributed by atoms with E-state index in [2.05, 4.69) is 48.8 Å². The lowest BCUT2D eigenvalue weighted by Crippen LogP contribution is -2.44. The Bertz CT molecular complexity index is 1030. The van der Waals surface area contributed by atoms with Gasteiger partial charge in [0.25, 0.3) is 0 Å². The van der Waals surface area contributed by atoms with E-state index < -0.39 is 37.5 Å². The Morgan fingerprint density at radius 3 is 2.66 bits per heavy atom. The van der Waals surface area contributed by atoms with Crippen LogP contribution in [0.4, 0.5) is 5.82 Å². The number of nitrogens with zero attached hydrogens (tertiary/aromatic N) is 4. The maximum absolute atomic E-state index is 11.3. The van der Waals surface area contributed by atoms with Gasteiger partial charge in [-0.15, -0.1) is 0 Å². The van der Waals surface area contributed by atoms with Gasteiger partial charge >= 0.3 is 0 Å². The molecule has 32 heavy (non-hydrogen) atoms. The van der Waals surface area contributed by atoms with E-state index in [4.69, 9.17) is 31.2 Å². The monoisotopic (exact) mass is 535 g/mol. The Morgan fingerprint density at radius 1 is 1.31 bits per heavy atom. The highest BCUT2D eigenvalue weighted by molar-refractivity contribution is 9.00. The highest BCUT2D eigenvalue weighted by Gasteiger charge is 2.50. The molecule has 0 radical (unpaired) electrons. The van der Waals surface area contributed by atoms with E-state index in [0.717, 1.165) is 11.5 Å². The third-order valence-corrected chi connectivity index (χ3v) is 20.4. The van der Waals surface area contributed by atoms with Gasteiger partial charge < -0.3 is 24.5 Å². The summed E-state index contributed by atoms with van der Waals surface area (Å²) in [5.74, 6) is 2.20. The minimum atomic E-state index is -2.14. The third kappa shape index (κ3) is 4.78. The molecule has 0 aromatic carbocycles. The molecule has 4 rings (SSSR count). The number of hydrogen-bond donors (Lipinski definition) is 2. The minimum Gasteiger partial charge on any atom is -0.414 e. The zero-order chi connectivity index (χ0) is 23.3. The first-order valence-corrected chi connectivity index (χ1v) is 19.2. The van der Waals surface area contributed by atoms with Gasteiger partial charge in [0, 0.05) is 11.5 Å². The lowest BCUT2D eigenvalue weighted by Gasteiger charge is -2.37. The van der Waals surface area contributed by atoms with Crippen molar-refractivity contribution in [2.24, 2.45) is 0 Å². The van der Waals surface area contributed by atoms with Crippen LogP contribution in [0.3, 0.4) is 0 Å². The van der Waals surface area contributed by atoms with Crippen molar-refractivity contribution < 1.29 is 18.8 Å². The molecule has 2 aromatic heterocycles. The molecular weight excluding hydrogens is 505 g/mol. The van der Waals surface area contributed by atoms with E-state index in [1.165, 1.54) is 6.33 Å². The summed E-state index contributed by atoms with van der Waals surface area (Å²) in [4.78, 5) is 12.6. The average Bonchev–Trinajstić information content (AvgIpc) is 3.39. The quantitative estimate of drug-likeness (QED) is 0.416. The summed E-state index contributed by atoms with van der Waals surface area (Å²) in [6.07, 6.45) is 0.159. The number of ether oxygens (including phenoxy) is 1. The molecule has 14 heteroatoms. The van der Waals surface area contributed by atoms with Gasteiger partial charge in [-0.25, -0.2) is 15.0 Å². The number of rotatable bonds is 6. The van der Waals surface area contributed by atoms with Crippen molar-refractivity contribution in [1.82, 2.24) is 19.5 Å². The van der Waals surface area contributed by atoms with E-state index >= 15 is 0 Å². The number of anilines is 1. The van der Waals surface area contributed by atoms with Crippen molar-refractivity contribution in [2.75, 3.05) is 23.8 Å². The number of hydrogen-bond acceptors (Lipinski definition) is 11. The van der Waals surface area contributed by atoms with Crippen LogP contribution in [-0.2, 0) is 25.5 Å². The minimum absolute atomic E-state index is 0.0539. The van der Waals surface area contributed by atoms with Crippen molar-refractivity contribution >= 4 is 64.5 Å². The fraction of sp³-hybridized carbons (Fsp3) is 0.722. The van der Waals surface area contributed by atoms with Gasteiger partial charge in [-0.2, -0.15) is 0 Å². The molecular formula is C18H30N5O4PS3Si. The predicted molar refractivity (Wildman–Crippen MR) is 137 cm³/mol. The van der Waals surface area contributed by atoms with E-state index in [9.17, 15) is 5.11 Å². The molecule has 2 saturated heterocycles. The Kier molecular flexibility index (Phi) is 7.06. The number of nitrogens with two attached hydrogens (primary N) is 1. The fourth-order valence-corrected chi connectivity index (χ4v) is 13.7. The first kappa shape index (κ1) is 24.9. The molecule has 0 spiro atoms. The van der Waals surface area contributed by atoms with Crippen LogP contribution in [0.5, 0.6) is 0 Å². The van der Waals surface area contributed by atoms with E-state index in [-0.39, 0.29) is 10.9 Å². The van der Waals surface area contributed by atoms with Crippen LogP contribution >= 0.6 is 27.4 Å². The smallest absolute Gasteiger partial charge is 0.192 e. The number of aliphatic hydroxyl groups excluding tert-OH is 1. The Balaban J connectivity index is 1.62. The standard InChI is InChI=1S/C18H30N5O4PS3Si/c1-18(2,3)32(4,5)25-8-11-14(27-28(29)30-6-7-31-28)13(24)17(26-11)23-10-22-12-15(19)20-9-21-16(12)23/h9-11,13-14,17,24H,6-8H2,1-5H3,(H2,19,20,21)/t11-,13-,14-,17-/m1/s1. The summed E-state index contributed by atoms with van der Waals surface area (Å²) in [5.41, 5.74) is 6.90. The fourth-order valence-electron chi connectivity index (χ4n) is 3.32. The van der Waals surface area contributed by atoms with Crippen molar-refractivity contribution in [1.29, 1.82) is 0 Å². The molecule has 0 amide bonds. The summed E-state index contributed by atoms with van der Waals surface area (Å²) < 4.78 is 18.7.